The zero-order chi connectivity index (χ0) is 14.1. The van der Waals surface area contributed by atoms with Crippen LogP contribution in [0.1, 0.15) is 40.1 Å². The van der Waals surface area contributed by atoms with Crippen molar-refractivity contribution < 1.29 is 9.59 Å². The zero-order valence-electron chi connectivity index (χ0n) is 11.2. The van der Waals surface area contributed by atoms with E-state index in [1.807, 2.05) is 17.7 Å². The lowest BCUT2D eigenvalue weighted by atomic mass is 10.1. The third-order valence-electron chi connectivity index (χ3n) is 3.68. The van der Waals surface area contributed by atoms with Gasteiger partial charge in [0.05, 0.1) is 17.5 Å². The first kappa shape index (κ1) is 12.6. The Morgan fingerprint density at radius 3 is 2.35 bits per heavy atom. The van der Waals surface area contributed by atoms with E-state index in [2.05, 4.69) is 4.98 Å². The van der Waals surface area contributed by atoms with Gasteiger partial charge in [0, 0.05) is 25.0 Å². The minimum absolute atomic E-state index is 0.191. The molecule has 3 rings (SSSR count). The zero-order valence-corrected chi connectivity index (χ0v) is 11.2. The van der Waals surface area contributed by atoms with Crippen molar-refractivity contribution in [3.8, 4) is 0 Å². The Bertz CT molecular complexity index is 614. The Kier molecular flexibility index (Phi) is 3.10. The highest BCUT2D eigenvalue weighted by atomic mass is 16.2. The van der Waals surface area contributed by atoms with Crippen LogP contribution >= 0.6 is 0 Å². The molecule has 5 nitrogen and oxygen atoms in total. The van der Waals surface area contributed by atoms with E-state index < -0.39 is 0 Å². The Balaban J connectivity index is 1.71. The van der Waals surface area contributed by atoms with Crippen LogP contribution < -0.4 is 0 Å². The summed E-state index contributed by atoms with van der Waals surface area (Å²) in [6, 6.07) is 7.16. The minimum atomic E-state index is -0.191. The van der Waals surface area contributed by atoms with Crippen LogP contribution in [0, 0.1) is 0 Å². The van der Waals surface area contributed by atoms with Crippen LogP contribution in [0.15, 0.2) is 43.0 Å². The summed E-state index contributed by atoms with van der Waals surface area (Å²) < 4.78 is 1.97. The summed E-state index contributed by atoms with van der Waals surface area (Å²) in [5, 5.41) is 0. The number of carbonyl (C=O) groups excluding carboxylic acids is 2. The summed E-state index contributed by atoms with van der Waals surface area (Å²) in [6.07, 6.45) is 6.06. The van der Waals surface area contributed by atoms with E-state index in [0.29, 0.717) is 24.1 Å². The van der Waals surface area contributed by atoms with Crippen LogP contribution in [0.25, 0.3) is 0 Å². The van der Waals surface area contributed by atoms with Gasteiger partial charge in [-0.05, 0) is 25.5 Å². The molecule has 0 spiro atoms. The Hall–Kier alpha value is -2.43. The molecule has 5 heteroatoms. The molecule has 102 valence electrons. The van der Waals surface area contributed by atoms with E-state index in [1.165, 1.54) is 4.90 Å². The van der Waals surface area contributed by atoms with Crippen molar-refractivity contribution in [1.82, 2.24) is 14.5 Å². The first-order chi connectivity index (χ1) is 9.68. The van der Waals surface area contributed by atoms with Crippen LogP contribution in [0.5, 0.6) is 0 Å². The van der Waals surface area contributed by atoms with Gasteiger partial charge in [-0.3, -0.25) is 14.5 Å². The summed E-state index contributed by atoms with van der Waals surface area (Å²) >= 11 is 0. The molecule has 1 aromatic carbocycles. The van der Waals surface area contributed by atoms with Crippen molar-refractivity contribution in [3.63, 3.8) is 0 Å². The molecule has 0 aliphatic carbocycles. The van der Waals surface area contributed by atoms with E-state index in [9.17, 15) is 9.59 Å². The number of carbonyl (C=O) groups is 2. The maximum Gasteiger partial charge on any atom is 0.261 e. The number of nitrogens with zero attached hydrogens (tertiary/aromatic N) is 3. The summed E-state index contributed by atoms with van der Waals surface area (Å²) in [7, 11) is 0. The minimum Gasteiger partial charge on any atom is -0.335 e. The number of imide groups is 1. The van der Waals surface area contributed by atoms with Gasteiger partial charge in [0.2, 0.25) is 0 Å². The molecule has 2 amide bonds. The maximum absolute atomic E-state index is 12.2. The maximum atomic E-state index is 12.2. The number of aromatic nitrogens is 2. The van der Waals surface area contributed by atoms with Gasteiger partial charge in [-0.25, -0.2) is 4.98 Å². The third-order valence-corrected chi connectivity index (χ3v) is 3.68. The molecule has 2 heterocycles. The molecule has 0 saturated carbocycles. The second-order valence-electron chi connectivity index (χ2n) is 4.96. The van der Waals surface area contributed by atoms with Gasteiger partial charge >= 0.3 is 0 Å². The number of hydrogen-bond acceptors (Lipinski definition) is 3. The molecule has 1 unspecified atom stereocenters. The molecule has 1 aromatic heterocycles. The van der Waals surface area contributed by atoms with Gasteiger partial charge in [0.15, 0.2) is 0 Å². The largest absolute Gasteiger partial charge is 0.335 e. The van der Waals surface area contributed by atoms with Crippen molar-refractivity contribution in [2.75, 3.05) is 6.54 Å². The molecular weight excluding hydrogens is 254 g/mol. The van der Waals surface area contributed by atoms with E-state index >= 15 is 0 Å². The lowest BCUT2D eigenvalue weighted by Gasteiger charge is -2.18. The molecule has 0 radical (unpaired) electrons. The van der Waals surface area contributed by atoms with Gasteiger partial charge in [0.25, 0.3) is 11.8 Å². The highest BCUT2D eigenvalue weighted by molar-refractivity contribution is 6.21. The molecule has 2 aromatic rings. The third kappa shape index (κ3) is 2.01. The highest BCUT2D eigenvalue weighted by Gasteiger charge is 2.34. The first-order valence-electron chi connectivity index (χ1n) is 6.61. The quantitative estimate of drug-likeness (QED) is 0.799. The van der Waals surface area contributed by atoms with Crippen LogP contribution in [0.4, 0.5) is 0 Å². The molecule has 1 atom stereocenters. The summed E-state index contributed by atoms with van der Waals surface area (Å²) in [5.74, 6) is -0.383. The highest BCUT2D eigenvalue weighted by Crippen LogP contribution is 2.23. The number of hydrogen-bond donors (Lipinski definition) is 0. The molecule has 1 aliphatic heterocycles. The van der Waals surface area contributed by atoms with E-state index in [1.54, 1.807) is 36.8 Å². The van der Waals surface area contributed by atoms with E-state index in [0.717, 1.165) is 0 Å². The lowest BCUT2D eigenvalue weighted by molar-refractivity contribution is 0.0647. The summed E-state index contributed by atoms with van der Waals surface area (Å²) in [4.78, 5) is 29.7. The Morgan fingerprint density at radius 1 is 1.15 bits per heavy atom. The first-order valence-corrected chi connectivity index (χ1v) is 6.61. The molecule has 0 fully saturated rings. The fraction of sp³-hybridized carbons (Fsp3) is 0.267. The van der Waals surface area contributed by atoms with Gasteiger partial charge in [-0.1, -0.05) is 12.1 Å². The standard InChI is InChI=1S/C15H15N3O2/c1-11(17-9-7-16-10-17)6-8-18-14(19)12-4-2-3-5-13(12)15(18)20/h2-5,7,9-11H,6,8H2,1H3. The predicted octanol–water partition coefficient (Wildman–Crippen LogP) is 2.13. The second-order valence-corrected chi connectivity index (χ2v) is 4.96. The summed E-state index contributed by atoms with van der Waals surface area (Å²) in [5.41, 5.74) is 1.01. The van der Waals surface area contributed by atoms with Crippen LogP contribution in [-0.4, -0.2) is 32.8 Å². The Labute approximate surface area is 116 Å². The molecule has 0 saturated heterocycles. The number of fused-ring (bicyclic) bond motifs is 1. The van der Waals surface area contributed by atoms with Crippen molar-refractivity contribution in [2.24, 2.45) is 0 Å². The van der Waals surface area contributed by atoms with Crippen molar-refractivity contribution in [2.45, 2.75) is 19.4 Å². The normalized spacial score (nSPS) is 15.6. The van der Waals surface area contributed by atoms with Crippen molar-refractivity contribution in [3.05, 3.63) is 54.1 Å². The van der Waals surface area contributed by atoms with Crippen molar-refractivity contribution >= 4 is 11.8 Å². The second kappa shape index (κ2) is 4.92. The van der Waals surface area contributed by atoms with Gasteiger partial charge in [-0.2, -0.15) is 0 Å². The SMILES string of the molecule is CC(CCN1C(=O)c2ccccc2C1=O)n1ccnc1. The molecule has 20 heavy (non-hydrogen) atoms. The number of rotatable bonds is 4. The van der Waals surface area contributed by atoms with Gasteiger partial charge in [0.1, 0.15) is 0 Å². The van der Waals surface area contributed by atoms with Crippen molar-refractivity contribution in [1.29, 1.82) is 0 Å². The smallest absolute Gasteiger partial charge is 0.261 e. The van der Waals surface area contributed by atoms with E-state index in [4.69, 9.17) is 0 Å². The average Bonchev–Trinajstić information content (AvgIpc) is 3.07. The van der Waals surface area contributed by atoms with Crippen LogP contribution in [0.3, 0.4) is 0 Å². The monoisotopic (exact) mass is 269 g/mol. The molecular formula is C15H15N3O2. The average molecular weight is 269 g/mol. The van der Waals surface area contributed by atoms with E-state index in [-0.39, 0.29) is 17.9 Å². The molecule has 0 N–H and O–H groups in total. The fourth-order valence-electron chi connectivity index (χ4n) is 2.44. The predicted molar refractivity (Wildman–Crippen MR) is 73.4 cm³/mol. The van der Waals surface area contributed by atoms with Gasteiger partial charge in [-0.15, -0.1) is 0 Å². The topological polar surface area (TPSA) is 55.2 Å². The molecule has 0 bridgehead atoms. The summed E-state index contributed by atoms with van der Waals surface area (Å²) in [6.45, 7) is 2.46. The van der Waals surface area contributed by atoms with Crippen LogP contribution in [-0.2, 0) is 0 Å². The fourth-order valence-corrected chi connectivity index (χ4v) is 2.44. The lowest BCUT2D eigenvalue weighted by Crippen LogP contribution is -2.31. The van der Waals surface area contributed by atoms with Crippen LogP contribution in [0.2, 0.25) is 0 Å². The number of imidazole rings is 1. The van der Waals surface area contributed by atoms with Gasteiger partial charge < -0.3 is 4.57 Å². The molecule has 1 aliphatic rings. The Morgan fingerprint density at radius 2 is 1.80 bits per heavy atom. The number of benzene rings is 1. The number of amides is 2.